The van der Waals surface area contributed by atoms with E-state index in [0.29, 0.717) is 19.7 Å². The van der Waals surface area contributed by atoms with Crippen LogP contribution in [-0.2, 0) is 18.0 Å². The summed E-state index contributed by atoms with van der Waals surface area (Å²) in [6, 6.07) is 0.985. The van der Waals surface area contributed by atoms with Gasteiger partial charge in [0.05, 0.1) is 12.8 Å². The average Bonchev–Trinajstić information content (AvgIpc) is 2.92. The summed E-state index contributed by atoms with van der Waals surface area (Å²) in [7, 11) is 1.80. The molecular weight excluding hydrogens is 311 g/mol. The summed E-state index contributed by atoms with van der Waals surface area (Å²) in [5, 5.41) is 4.09. The molecule has 2 aromatic heterocycles. The first kappa shape index (κ1) is 15.7. The first-order valence-electron chi connectivity index (χ1n) is 7.11. The van der Waals surface area contributed by atoms with Gasteiger partial charge in [-0.15, -0.1) is 0 Å². The van der Waals surface area contributed by atoms with Gasteiger partial charge in [0.25, 0.3) is 0 Å². The standard InChI is InChI=1S/C14H16F3N5O/c1-9-19-12(14(15,16)17)5-13(20-9)22-3-4-23-11(8-22)10-6-18-21(2)7-10/h5-7,11H,3-4,8H2,1-2H3. The van der Waals surface area contributed by atoms with E-state index in [4.69, 9.17) is 4.74 Å². The predicted octanol–water partition coefficient (Wildman–Crippen LogP) is 2.12. The Hall–Kier alpha value is -2.16. The van der Waals surface area contributed by atoms with Crippen LogP contribution in [0.25, 0.3) is 0 Å². The van der Waals surface area contributed by atoms with E-state index in [9.17, 15) is 13.2 Å². The number of hydrogen-bond acceptors (Lipinski definition) is 5. The van der Waals surface area contributed by atoms with Crippen molar-refractivity contribution in [2.75, 3.05) is 24.6 Å². The zero-order valence-corrected chi connectivity index (χ0v) is 12.7. The molecule has 1 aliphatic heterocycles. The van der Waals surface area contributed by atoms with Crippen molar-refractivity contribution in [2.24, 2.45) is 7.05 Å². The molecule has 0 bridgehead atoms. The highest BCUT2D eigenvalue weighted by molar-refractivity contribution is 5.41. The molecule has 0 N–H and O–H groups in total. The first-order valence-corrected chi connectivity index (χ1v) is 7.11. The Morgan fingerprint density at radius 3 is 2.74 bits per heavy atom. The number of aromatic nitrogens is 4. The second-order valence-corrected chi connectivity index (χ2v) is 5.41. The fourth-order valence-corrected chi connectivity index (χ4v) is 2.52. The zero-order valence-electron chi connectivity index (χ0n) is 12.7. The molecule has 9 heteroatoms. The summed E-state index contributed by atoms with van der Waals surface area (Å²) < 4.78 is 46.1. The Kier molecular flexibility index (Phi) is 3.97. The normalized spacial score (nSPS) is 19.2. The highest BCUT2D eigenvalue weighted by Crippen LogP contribution is 2.31. The van der Waals surface area contributed by atoms with Crippen molar-refractivity contribution in [3.63, 3.8) is 0 Å². The molecule has 0 aromatic carbocycles. The smallest absolute Gasteiger partial charge is 0.370 e. The van der Waals surface area contributed by atoms with Crippen LogP contribution in [0.2, 0.25) is 0 Å². The minimum absolute atomic E-state index is 0.0965. The van der Waals surface area contributed by atoms with Gasteiger partial charge in [-0.1, -0.05) is 0 Å². The van der Waals surface area contributed by atoms with E-state index < -0.39 is 11.9 Å². The van der Waals surface area contributed by atoms with Gasteiger partial charge in [-0.25, -0.2) is 9.97 Å². The minimum Gasteiger partial charge on any atom is -0.370 e. The quantitative estimate of drug-likeness (QED) is 0.846. The van der Waals surface area contributed by atoms with E-state index in [1.165, 1.54) is 6.92 Å². The number of rotatable bonds is 2. The lowest BCUT2D eigenvalue weighted by atomic mass is 10.1. The van der Waals surface area contributed by atoms with Crippen LogP contribution in [0, 0.1) is 6.92 Å². The van der Waals surface area contributed by atoms with Crippen LogP contribution in [-0.4, -0.2) is 39.4 Å². The number of halogens is 3. The molecule has 6 nitrogen and oxygen atoms in total. The van der Waals surface area contributed by atoms with Crippen molar-refractivity contribution in [1.82, 2.24) is 19.7 Å². The predicted molar refractivity (Wildman–Crippen MR) is 75.9 cm³/mol. The highest BCUT2D eigenvalue weighted by Gasteiger charge is 2.34. The molecule has 0 amide bonds. The molecule has 1 saturated heterocycles. The molecule has 3 heterocycles. The van der Waals surface area contributed by atoms with Crippen LogP contribution in [0.1, 0.15) is 23.2 Å². The lowest BCUT2D eigenvalue weighted by Crippen LogP contribution is -2.39. The Bertz CT molecular complexity index is 700. The van der Waals surface area contributed by atoms with Crippen molar-refractivity contribution in [2.45, 2.75) is 19.2 Å². The van der Waals surface area contributed by atoms with E-state index in [2.05, 4.69) is 15.1 Å². The summed E-state index contributed by atoms with van der Waals surface area (Å²) >= 11 is 0. The molecule has 1 aliphatic rings. The van der Waals surface area contributed by atoms with E-state index in [1.54, 1.807) is 22.8 Å². The van der Waals surface area contributed by atoms with Gasteiger partial charge in [-0.05, 0) is 6.92 Å². The highest BCUT2D eigenvalue weighted by atomic mass is 19.4. The fraction of sp³-hybridized carbons (Fsp3) is 0.500. The molecule has 124 valence electrons. The van der Waals surface area contributed by atoms with Gasteiger partial charge in [-0.2, -0.15) is 18.3 Å². The molecule has 0 radical (unpaired) electrons. The van der Waals surface area contributed by atoms with Crippen LogP contribution in [0.3, 0.4) is 0 Å². The van der Waals surface area contributed by atoms with Crippen LogP contribution in [0.15, 0.2) is 18.5 Å². The largest absolute Gasteiger partial charge is 0.433 e. The number of alkyl halides is 3. The minimum atomic E-state index is -4.49. The van der Waals surface area contributed by atoms with E-state index in [-0.39, 0.29) is 17.7 Å². The maximum atomic E-state index is 12.9. The Morgan fingerprint density at radius 1 is 1.30 bits per heavy atom. The number of morpholine rings is 1. The van der Waals surface area contributed by atoms with Crippen molar-refractivity contribution in [3.8, 4) is 0 Å². The van der Waals surface area contributed by atoms with Crippen molar-refractivity contribution in [1.29, 1.82) is 0 Å². The SMILES string of the molecule is Cc1nc(N2CCOC(c3cnn(C)c3)C2)cc(C(F)(F)F)n1. The number of hydrogen-bond donors (Lipinski definition) is 0. The van der Waals surface area contributed by atoms with Gasteiger partial charge in [0.2, 0.25) is 0 Å². The third-order valence-corrected chi connectivity index (χ3v) is 3.60. The average molecular weight is 327 g/mol. The number of ether oxygens (including phenoxy) is 1. The molecule has 3 rings (SSSR count). The summed E-state index contributed by atoms with van der Waals surface area (Å²) in [6.45, 7) is 2.76. The van der Waals surface area contributed by atoms with E-state index in [0.717, 1.165) is 11.6 Å². The lowest BCUT2D eigenvalue weighted by Gasteiger charge is -2.33. The Balaban J connectivity index is 1.85. The summed E-state index contributed by atoms with van der Waals surface area (Å²) in [4.78, 5) is 9.40. The van der Waals surface area contributed by atoms with Gasteiger partial charge >= 0.3 is 6.18 Å². The van der Waals surface area contributed by atoms with Crippen LogP contribution in [0.4, 0.5) is 19.0 Å². The molecule has 2 aromatic rings. The van der Waals surface area contributed by atoms with Crippen LogP contribution >= 0.6 is 0 Å². The number of anilines is 1. The Labute approximate surface area is 130 Å². The topological polar surface area (TPSA) is 56.1 Å². The van der Waals surface area contributed by atoms with Gasteiger partial charge < -0.3 is 9.64 Å². The van der Waals surface area contributed by atoms with E-state index in [1.807, 2.05) is 6.20 Å². The van der Waals surface area contributed by atoms with Gasteiger partial charge in [0.1, 0.15) is 23.4 Å². The molecule has 1 atom stereocenters. The third-order valence-electron chi connectivity index (χ3n) is 3.60. The molecule has 0 saturated carbocycles. The molecule has 1 unspecified atom stereocenters. The lowest BCUT2D eigenvalue weighted by molar-refractivity contribution is -0.141. The monoisotopic (exact) mass is 327 g/mol. The van der Waals surface area contributed by atoms with Gasteiger partial charge in [0.15, 0.2) is 0 Å². The maximum absolute atomic E-state index is 12.9. The molecule has 0 spiro atoms. The fourth-order valence-electron chi connectivity index (χ4n) is 2.52. The van der Waals surface area contributed by atoms with Gasteiger partial charge in [0, 0.05) is 38.0 Å². The summed E-state index contributed by atoms with van der Waals surface area (Å²) in [6.07, 6.45) is -1.21. The van der Waals surface area contributed by atoms with Crippen molar-refractivity contribution in [3.05, 3.63) is 35.5 Å². The third kappa shape index (κ3) is 3.44. The summed E-state index contributed by atoms with van der Waals surface area (Å²) in [5.74, 6) is 0.362. The second kappa shape index (κ2) is 5.80. The van der Waals surface area contributed by atoms with Crippen LogP contribution < -0.4 is 4.90 Å². The van der Waals surface area contributed by atoms with Crippen LogP contribution in [0.5, 0.6) is 0 Å². The molecule has 1 fully saturated rings. The van der Waals surface area contributed by atoms with Crippen molar-refractivity contribution >= 4 is 5.82 Å². The second-order valence-electron chi connectivity index (χ2n) is 5.41. The maximum Gasteiger partial charge on any atom is 0.433 e. The van der Waals surface area contributed by atoms with E-state index >= 15 is 0 Å². The number of nitrogens with zero attached hydrogens (tertiary/aromatic N) is 5. The Morgan fingerprint density at radius 2 is 2.09 bits per heavy atom. The molecule has 0 aliphatic carbocycles. The number of aryl methyl sites for hydroxylation is 2. The molecule has 23 heavy (non-hydrogen) atoms. The first-order chi connectivity index (χ1) is 10.8. The molecular formula is C14H16F3N5O. The van der Waals surface area contributed by atoms with Crippen molar-refractivity contribution < 1.29 is 17.9 Å². The summed E-state index contributed by atoms with van der Waals surface area (Å²) in [5.41, 5.74) is -0.0385. The zero-order chi connectivity index (χ0) is 16.6. The van der Waals surface area contributed by atoms with Gasteiger partial charge in [-0.3, -0.25) is 4.68 Å².